The number of carbonyl (C=O) groups excluding carboxylic acids is 1. The van der Waals surface area contributed by atoms with Crippen molar-refractivity contribution >= 4 is 11.6 Å². The molecule has 124 valence electrons. The molecular formula is C18H20F3NO. The summed E-state index contributed by atoms with van der Waals surface area (Å²) >= 11 is 0. The maximum Gasteiger partial charge on any atom is 0.416 e. The third-order valence-electron chi connectivity index (χ3n) is 5.77. The third-order valence-corrected chi connectivity index (χ3v) is 5.77. The molecule has 2 atom stereocenters. The van der Waals surface area contributed by atoms with Crippen LogP contribution >= 0.6 is 0 Å². The fraction of sp³-hybridized carbons (Fsp3) is 0.500. The van der Waals surface area contributed by atoms with E-state index in [1.807, 2.05) is 0 Å². The van der Waals surface area contributed by atoms with Crippen LogP contribution in [-0.2, 0) is 11.0 Å². The summed E-state index contributed by atoms with van der Waals surface area (Å²) in [6.07, 6.45) is -1.99. The molecule has 0 aliphatic heterocycles. The lowest BCUT2D eigenvalue weighted by molar-refractivity contribution is -0.137. The van der Waals surface area contributed by atoms with Crippen LogP contribution < -0.4 is 5.32 Å². The van der Waals surface area contributed by atoms with E-state index < -0.39 is 17.2 Å². The first-order chi connectivity index (χ1) is 10.6. The number of nitrogens with one attached hydrogen (secondary N) is 1. The Kier molecular flexibility index (Phi) is 3.40. The van der Waals surface area contributed by atoms with Crippen LogP contribution in [0.1, 0.15) is 38.7 Å². The topological polar surface area (TPSA) is 29.1 Å². The van der Waals surface area contributed by atoms with Gasteiger partial charge in [-0.05, 0) is 48.8 Å². The highest BCUT2D eigenvalue weighted by Crippen LogP contribution is 2.65. The molecule has 0 saturated heterocycles. The first-order valence-electron chi connectivity index (χ1n) is 7.76. The highest BCUT2D eigenvalue weighted by atomic mass is 19.4. The maximum atomic E-state index is 12.8. The number of benzene rings is 1. The van der Waals surface area contributed by atoms with Gasteiger partial charge in [-0.3, -0.25) is 4.79 Å². The number of anilines is 1. The quantitative estimate of drug-likeness (QED) is 0.760. The average molecular weight is 323 g/mol. The van der Waals surface area contributed by atoms with Gasteiger partial charge in [-0.1, -0.05) is 32.1 Å². The van der Waals surface area contributed by atoms with Crippen molar-refractivity contribution in [1.29, 1.82) is 0 Å². The first-order valence-corrected chi connectivity index (χ1v) is 7.76. The highest BCUT2D eigenvalue weighted by molar-refractivity contribution is 5.98. The number of hydrogen-bond acceptors (Lipinski definition) is 1. The molecule has 5 heteroatoms. The Balaban J connectivity index is 1.85. The van der Waals surface area contributed by atoms with Crippen LogP contribution in [-0.4, -0.2) is 5.91 Å². The van der Waals surface area contributed by atoms with E-state index in [-0.39, 0.29) is 17.0 Å². The van der Waals surface area contributed by atoms with Gasteiger partial charge in [0.2, 0.25) is 5.91 Å². The summed E-state index contributed by atoms with van der Waals surface area (Å²) < 4.78 is 38.4. The minimum absolute atomic E-state index is 0.0938. The first kappa shape index (κ1) is 16.1. The number of halogens is 3. The molecule has 1 aromatic carbocycles. The predicted octanol–water partition coefficient (Wildman–Crippen LogP) is 5.03. The normalized spacial score (nSPS) is 28.9. The van der Waals surface area contributed by atoms with Crippen LogP contribution in [0.5, 0.6) is 0 Å². The van der Waals surface area contributed by atoms with Gasteiger partial charge in [-0.25, -0.2) is 0 Å². The molecule has 0 radical (unpaired) electrons. The molecule has 2 aliphatic carbocycles. The van der Waals surface area contributed by atoms with E-state index in [1.54, 1.807) is 0 Å². The second-order valence-corrected chi connectivity index (χ2v) is 7.25. The van der Waals surface area contributed by atoms with Gasteiger partial charge < -0.3 is 5.32 Å². The SMILES string of the molecule is C=C1C2(C(=O)Nc3cccc(C(F)(F)F)c3)CCC(C2)C1(C)C. The lowest BCUT2D eigenvalue weighted by Crippen LogP contribution is -2.37. The summed E-state index contributed by atoms with van der Waals surface area (Å²) in [5.74, 6) is 0.192. The lowest BCUT2D eigenvalue weighted by atomic mass is 9.68. The zero-order valence-corrected chi connectivity index (χ0v) is 13.3. The third kappa shape index (κ3) is 2.37. The molecule has 23 heavy (non-hydrogen) atoms. The van der Waals surface area contributed by atoms with Gasteiger partial charge in [-0.15, -0.1) is 0 Å². The molecule has 2 aliphatic rings. The molecule has 0 aromatic heterocycles. The van der Waals surface area contributed by atoms with Crippen molar-refractivity contribution in [3.63, 3.8) is 0 Å². The Bertz CT molecular complexity index is 677. The van der Waals surface area contributed by atoms with Crippen LogP contribution in [0.2, 0.25) is 0 Å². The lowest BCUT2D eigenvalue weighted by Gasteiger charge is -2.37. The molecule has 3 rings (SSSR count). The summed E-state index contributed by atoms with van der Waals surface area (Å²) in [6, 6.07) is 4.76. The van der Waals surface area contributed by atoms with Crippen LogP contribution in [0.25, 0.3) is 0 Å². The number of fused-ring (bicyclic) bond motifs is 2. The number of rotatable bonds is 2. The van der Waals surface area contributed by atoms with Crippen LogP contribution in [0, 0.1) is 16.7 Å². The summed E-state index contributed by atoms with van der Waals surface area (Å²) in [6.45, 7) is 8.33. The molecule has 0 spiro atoms. The minimum atomic E-state index is -4.42. The van der Waals surface area contributed by atoms with Gasteiger partial charge in [0.1, 0.15) is 0 Å². The van der Waals surface area contributed by atoms with E-state index in [4.69, 9.17) is 0 Å². The number of alkyl halides is 3. The Hall–Kier alpha value is -1.78. The summed E-state index contributed by atoms with van der Waals surface area (Å²) in [4.78, 5) is 12.8. The molecule has 1 N–H and O–H groups in total. The molecule has 2 unspecified atom stereocenters. The van der Waals surface area contributed by atoms with E-state index >= 15 is 0 Å². The second kappa shape index (κ2) is 4.86. The van der Waals surface area contributed by atoms with Crippen molar-refractivity contribution in [1.82, 2.24) is 0 Å². The van der Waals surface area contributed by atoms with Gasteiger partial charge in [-0.2, -0.15) is 13.2 Å². The van der Waals surface area contributed by atoms with E-state index in [2.05, 4.69) is 25.7 Å². The summed E-state index contributed by atoms with van der Waals surface area (Å²) in [5.41, 5.74) is -0.403. The average Bonchev–Trinajstić information content (AvgIpc) is 2.99. The van der Waals surface area contributed by atoms with Crippen LogP contribution in [0.15, 0.2) is 36.4 Å². The summed E-state index contributed by atoms with van der Waals surface area (Å²) in [5, 5.41) is 2.68. The standard InChI is InChI=1S/C18H20F3NO/c1-11-16(2,3)13-7-8-17(11,10-13)15(23)22-14-6-4-5-12(9-14)18(19,20)21/h4-6,9,13H,1,7-8,10H2,2-3H3,(H,22,23). The van der Waals surface area contributed by atoms with Gasteiger partial charge in [0.05, 0.1) is 11.0 Å². The van der Waals surface area contributed by atoms with Gasteiger partial charge >= 0.3 is 6.18 Å². The Morgan fingerprint density at radius 2 is 2.04 bits per heavy atom. The molecule has 2 fully saturated rings. The van der Waals surface area contributed by atoms with Gasteiger partial charge in [0, 0.05) is 5.69 Å². The smallest absolute Gasteiger partial charge is 0.325 e. The molecule has 0 heterocycles. The van der Waals surface area contributed by atoms with Crippen molar-refractivity contribution in [3.8, 4) is 0 Å². The Labute approximate surface area is 133 Å². The number of hydrogen-bond donors (Lipinski definition) is 1. The molecule has 1 aromatic rings. The monoisotopic (exact) mass is 323 g/mol. The molecule has 2 nitrogen and oxygen atoms in total. The zero-order chi connectivity index (χ0) is 17.0. The Morgan fingerprint density at radius 3 is 2.61 bits per heavy atom. The van der Waals surface area contributed by atoms with E-state index in [9.17, 15) is 18.0 Å². The summed E-state index contributed by atoms with van der Waals surface area (Å²) in [7, 11) is 0. The number of carbonyl (C=O) groups is 1. The van der Waals surface area contributed by atoms with Crippen LogP contribution in [0.3, 0.4) is 0 Å². The molecular weight excluding hydrogens is 303 g/mol. The predicted molar refractivity (Wildman–Crippen MR) is 82.8 cm³/mol. The van der Waals surface area contributed by atoms with Crippen molar-refractivity contribution in [2.24, 2.45) is 16.7 Å². The largest absolute Gasteiger partial charge is 0.416 e. The fourth-order valence-electron chi connectivity index (χ4n) is 4.17. The zero-order valence-electron chi connectivity index (χ0n) is 13.3. The van der Waals surface area contributed by atoms with Crippen molar-refractivity contribution < 1.29 is 18.0 Å². The fourth-order valence-corrected chi connectivity index (χ4v) is 4.17. The maximum absolute atomic E-state index is 12.8. The molecule has 2 saturated carbocycles. The van der Waals surface area contributed by atoms with Crippen molar-refractivity contribution in [3.05, 3.63) is 42.0 Å². The Morgan fingerprint density at radius 1 is 1.35 bits per heavy atom. The van der Waals surface area contributed by atoms with E-state index in [0.717, 1.165) is 37.0 Å². The van der Waals surface area contributed by atoms with E-state index in [0.29, 0.717) is 5.92 Å². The van der Waals surface area contributed by atoms with Crippen LogP contribution in [0.4, 0.5) is 18.9 Å². The molecule has 2 bridgehead atoms. The number of amides is 1. The minimum Gasteiger partial charge on any atom is -0.325 e. The van der Waals surface area contributed by atoms with Crippen molar-refractivity contribution in [2.45, 2.75) is 39.3 Å². The molecule has 1 amide bonds. The highest BCUT2D eigenvalue weighted by Gasteiger charge is 2.60. The van der Waals surface area contributed by atoms with Gasteiger partial charge in [0.25, 0.3) is 0 Å². The van der Waals surface area contributed by atoms with Gasteiger partial charge in [0.15, 0.2) is 0 Å². The second-order valence-electron chi connectivity index (χ2n) is 7.25. The van der Waals surface area contributed by atoms with Crippen molar-refractivity contribution in [2.75, 3.05) is 5.32 Å². The van der Waals surface area contributed by atoms with E-state index in [1.165, 1.54) is 12.1 Å².